The Kier molecular flexibility index (Phi) is 10.6. The molecule has 2 bridgehead atoms. The minimum absolute atomic E-state index is 0.00454. The van der Waals surface area contributed by atoms with Gasteiger partial charge in [0.15, 0.2) is 0 Å². The second-order valence-electron chi connectivity index (χ2n) is 12.0. The summed E-state index contributed by atoms with van der Waals surface area (Å²) < 4.78 is 12.3. The van der Waals surface area contributed by atoms with Gasteiger partial charge in [-0.2, -0.15) is 0 Å². The van der Waals surface area contributed by atoms with Crippen molar-refractivity contribution in [2.75, 3.05) is 26.2 Å². The maximum absolute atomic E-state index is 14.4. The smallest absolute Gasteiger partial charge is 0.312 e. The summed E-state index contributed by atoms with van der Waals surface area (Å²) in [5, 5.41) is 12.2. The number of amides is 3. The molecule has 4 aliphatic rings. The molecule has 2 N–H and O–H groups in total. The normalized spacial score (nSPS) is 29.6. The summed E-state index contributed by atoms with van der Waals surface area (Å²) >= 11 is 0. The summed E-state index contributed by atoms with van der Waals surface area (Å²) in [6, 6.07) is -0.744. The van der Waals surface area contributed by atoms with Crippen molar-refractivity contribution in [1.82, 2.24) is 15.1 Å². The number of ether oxygens (including phenoxy) is 2. The maximum atomic E-state index is 14.4. The molecule has 0 unspecified atom stereocenters. The first kappa shape index (κ1) is 31.2. The van der Waals surface area contributed by atoms with Crippen molar-refractivity contribution in [2.45, 2.75) is 107 Å². The van der Waals surface area contributed by atoms with Crippen LogP contribution >= 0.6 is 0 Å². The van der Waals surface area contributed by atoms with Crippen LogP contribution in [0.5, 0.6) is 0 Å². The van der Waals surface area contributed by atoms with Crippen molar-refractivity contribution in [3.05, 3.63) is 25.3 Å². The second kappa shape index (κ2) is 14.0. The van der Waals surface area contributed by atoms with Crippen LogP contribution in [0.25, 0.3) is 0 Å². The highest BCUT2D eigenvalue weighted by atomic mass is 16.6. The quantitative estimate of drug-likeness (QED) is 0.175. The lowest BCUT2D eigenvalue weighted by molar-refractivity contribution is -0.159. The monoisotopic (exact) mass is 573 g/mol. The molecule has 1 aliphatic carbocycles. The number of unbranched alkanes of at least 4 members (excludes halogenated alkanes) is 1. The third-order valence-corrected chi connectivity index (χ3v) is 9.22. The van der Waals surface area contributed by atoms with Crippen LogP contribution in [0.1, 0.15) is 77.6 Å². The van der Waals surface area contributed by atoms with Gasteiger partial charge in [0.2, 0.25) is 17.7 Å². The molecule has 1 saturated carbocycles. The summed E-state index contributed by atoms with van der Waals surface area (Å²) in [6.07, 6.45) is 10.4. The third kappa shape index (κ3) is 6.38. The average molecular weight is 574 g/mol. The number of allylic oxidation sites excluding steroid dienone is 1. The maximum Gasteiger partial charge on any atom is 0.312 e. The Morgan fingerprint density at radius 2 is 1.95 bits per heavy atom. The molecule has 3 heterocycles. The van der Waals surface area contributed by atoms with E-state index in [1.165, 1.54) is 0 Å². The van der Waals surface area contributed by atoms with Crippen LogP contribution in [0.3, 0.4) is 0 Å². The Labute approximate surface area is 243 Å². The van der Waals surface area contributed by atoms with E-state index in [4.69, 9.17) is 9.47 Å². The fourth-order valence-electron chi connectivity index (χ4n) is 7.34. The Bertz CT molecular complexity index is 996. The number of aliphatic hydroxyl groups excluding tert-OH is 1. The van der Waals surface area contributed by atoms with Gasteiger partial charge in [0.25, 0.3) is 0 Å². The highest BCUT2D eigenvalue weighted by Gasteiger charge is 2.75. The topological polar surface area (TPSA) is 125 Å². The lowest BCUT2D eigenvalue weighted by Crippen LogP contribution is -2.58. The van der Waals surface area contributed by atoms with E-state index in [1.807, 2.05) is 4.90 Å². The van der Waals surface area contributed by atoms with Gasteiger partial charge in [-0.05, 0) is 51.9 Å². The van der Waals surface area contributed by atoms with Crippen molar-refractivity contribution < 1.29 is 33.8 Å². The standard InChI is InChI=1S/C31H47N3O7/c1-4-6-14-24(36)32-20-21(3)40-30(39)25-23-15-16-31(41-23)26(25)28(37)34(18-10-11-19-35)27(31)29(38)33(17-5-2)22-12-8-7-9-13-22/h4-5,21-23,25-27,35H,1-2,6-20H2,3H3,(H,32,36)/t21-,23+,25-,26-,27+,31-/m0/s1. The van der Waals surface area contributed by atoms with Gasteiger partial charge >= 0.3 is 5.97 Å². The van der Waals surface area contributed by atoms with Gasteiger partial charge in [0, 0.05) is 32.2 Å². The minimum Gasteiger partial charge on any atom is -0.460 e. The van der Waals surface area contributed by atoms with E-state index in [9.17, 15) is 24.3 Å². The SMILES string of the molecule is C=CCCC(=O)NC[C@H](C)OC(=O)[C@@H]1[C@H]2C(=O)N(CCCCO)[C@H](C(=O)N(CC=C)C3CCCCC3)[C@]23CC[C@H]1O3. The zero-order chi connectivity index (χ0) is 29.6. The molecule has 0 aromatic rings. The van der Waals surface area contributed by atoms with E-state index in [-0.39, 0.29) is 36.9 Å². The highest BCUT2D eigenvalue weighted by Crippen LogP contribution is 2.59. The van der Waals surface area contributed by atoms with Crippen LogP contribution in [0, 0.1) is 11.8 Å². The second-order valence-corrected chi connectivity index (χ2v) is 12.0. The number of likely N-dealkylation sites (tertiary alicyclic amines) is 1. The summed E-state index contributed by atoms with van der Waals surface area (Å²) in [7, 11) is 0. The van der Waals surface area contributed by atoms with Crippen LogP contribution in [0.2, 0.25) is 0 Å². The number of carbonyl (C=O) groups excluding carboxylic acids is 4. The van der Waals surface area contributed by atoms with Gasteiger partial charge in [-0.15, -0.1) is 13.2 Å². The van der Waals surface area contributed by atoms with Crippen molar-refractivity contribution in [3.63, 3.8) is 0 Å². The molecular formula is C31H47N3O7. The Morgan fingerprint density at radius 3 is 2.63 bits per heavy atom. The summed E-state index contributed by atoms with van der Waals surface area (Å²) in [6.45, 7) is 10.1. The van der Waals surface area contributed by atoms with Gasteiger partial charge in [-0.1, -0.05) is 31.4 Å². The molecule has 3 saturated heterocycles. The third-order valence-electron chi connectivity index (χ3n) is 9.22. The molecule has 4 fully saturated rings. The van der Waals surface area contributed by atoms with E-state index in [0.29, 0.717) is 51.6 Å². The van der Waals surface area contributed by atoms with E-state index in [1.54, 1.807) is 24.0 Å². The average Bonchev–Trinajstić information content (AvgIpc) is 3.61. The summed E-state index contributed by atoms with van der Waals surface area (Å²) in [5.41, 5.74) is -1.09. The van der Waals surface area contributed by atoms with E-state index < -0.39 is 41.7 Å². The van der Waals surface area contributed by atoms with Crippen LogP contribution < -0.4 is 5.32 Å². The van der Waals surface area contributed by atoms with E-state index >= 15 is 0 Å². The first-order valence-corrected chi connectivity index (χ1v) is 15.4. The molecule has 3 aliphatic heterocycles. The predicted octanol–water partition coefficient (Wildman–Crippen LogP) is 2.49. The molecule has 0 aromatic carbocycles. The number of aliphatic hydroxyl groups is 1. The van der Waals surface area contributed by atoms with Crippen LogP contribution in [-0.4, -0.2) is 94.7 Å². The van der Waals surface area contributed by atoms with E-state index in [2.05, 4.69) is 18.5 Å². The molecule has 6 atom stereocenters. The number of nitrogens with zero attached hydrogens (tertiary/aromatic N) is 2. The van der Waals surface area contributed by atoms with Crippen molar-refractivity contribution >= 4 is 23.7 Å². The van der Waals surface area contributed by atoms with Gasteiger partial charge in [-0.3, -0.25) is 19.2 Å². The fraction of sp³-hybridized carbons (Fsp3) is 0.742. The number of hydrogen-bond acceptors (Lipinski definition) is 7. The number of nitrogens with one attached hydrogen (secondary N) is 1. The number of hydrogen-bond donors (Lipinski definition) is 2. The highest BCUT2D eigenvalue weighted by molar-refractivity contribution is 5.98. The summed E-state index contributed by atoms with van der Waals surface area (Å²) in [4.78, 5) is 57.5. The first-order valence-electron chi connectivity index (χ1n) is 15.4. The predicted molar refractivity (Wildman–Crippen MR) is 152 cm³/mol. The van der Waals surface area contributed by atoms with Crippen LogP contribution in [0.15, 0.2) is 25.3 Å². The molecule has 1 spiro atoms. The molecule has 4 rings (SSSR count). The van der Waals surface area contributed by atoms with Crippen molar-refractivity contribution in [3.8, 4) is 0 Å². The number of fused-ring (bicyclic) bond motifs is 1. The van der Waals surface area contributed by atoms with Gasteiger partial charge in [-0.25, -0.2) is 0 Å². The summed E-state index contributed by atoms with van der Waals surface area (Å²) in [5.74, 6) is -2.68. The van der Waals surface area contributed by atoms with Gasteiger partial charge in [0.1, 0.15) is 17.7 Å². The van der Waals surface area contributed by atoms with Crippen molar-refractivity contribution in [1.29, 1.82) is 0 Å². The van der Waals surface area contributed by atoms with Gasteiger partial charge < -0.3 is 29.7 Å². The van der Waals surface area contributed by atoms with Crippen LogP contribution in [-0.2, 0) is 28.7 Å². The molecule has 228 valence electrons. The molecule has 0 radical (unpaired) electrons. The number of rotatable bonds is 15. The molecule has 10 nitrogen and oxygen atoms in total. The molecule has 41 heavy (non-hydrogen) atoms. The minimum atomic E-state index is -1.09. The molecular weight excluding hydrogens is 526 g/mol. The molecule has 0 aromatic heterocycles. The first-order chi connectivity index (χ1) is 19.8. The lowest BCUT2D eigenvalue weighted by atomic mass is 9.70. The zero-order valence-electron chi connectivity index (χ0n) is 24.4. The Balaban J connectivity index is 1.55. The Morgan fingerprint density at radius 1 is 1.20 bits per heavy atom. The lowest BCUT2D eigenvalue weighted by Gasteiger charge is -2.40. The number of carbonyl (C=O) groups is 4. The Hall–Kier alpha value is -2.72. The van der Waals surface area contributed by atoms with Crippen LogP contribution in [0.4, 0.5) is 0 Å². The zero-order valence-corrected chi connectivity index (χ0v) is 24.4. The fourth-order valence-corrected chi connectivity index (χ4v) is 7.34. The van der Waals surface area contributed by atoms with Gasteiger partial charge in [0.05, 0.1) is 24.5 Å². The molecule has 3 amide bonds. The van der Waals surface area contributed by atoms with Crippen molar-refractivity contribution in [2.24, 2.45) is 11.8 Å². The number of esters is 1. The van der Waals surface area contributed by atoms with E-state index in [0.717, 1.165) is 32.1 Å². The largest absolute Gasteiger partial charge is 0.460 e. The molecule has 10 heteroatoms.